The summed E-state index contributed by atoms with van der Waals surface area (Å²) in [7, 11) is -1.89. The molecule has 0 radical (unpaired) electrons. The number of hydrogen-bond acceptors (Lipinski definition) is 5. The van der Waals surface area contributed by atoms with Crippen molar-refractivity contribution in [2.75, 3.05) is 20.3 Å². The Kier molecular flexibility index (Phi) is 6.10. The van der Waals surface area contributed by atoms with Gasteiger partial charge in [-0.3, -0.25) is 9.55 Å². The summed E-state index contributed by atoms with van der Waals surface area (Å²) in [6.45, 7) is 4.64. The number of aromatic nitrogens is 2. The third-order valence-corrected chi connectivity index (χ3v) is 7.21. The van der Waals surface area contributed by atoms with Gasteiger partial charge in [0.05, 0.1) is 42.2 Å². The molecule has 2 aromatic heterocycles. The zero-order valence-corrected chi connectivity index (χ0v) is 18.6. The molecule has 162 valence electrons. The molecule has 0 spiro atoms. The van der Waals surface area contributed by atoms with Crippen LogP contribution in [0.15, 0.2) is 54.7 Å². The number of fused-ring (bicyclic) bond motifs is 3. The van der Waals surface area contributed by atoms with E-state index in [2.05, 4.69) is 4.98 Å². The highest BCUT2D eigenvalue weighted by atomic mass is 31.2. The number of benzene rings is 2. The molecule has 0 aliphatic carbocycles. The van der Waals surface area contributed by atoms with Crippen LogP contribution in [-0.2, 0) is 20.2 Å². The molecule has 6 nitrogen and oxygen atoms in total. The van der Waals surface area contributed by atoms with Gasteiger partial charge in [-0.2, -0.15) is 0 Å². The summed E-state index contributed by atoms with van der Waals surface area (Å²) >= 11 is 0. The second-order valence-corrected chi connectivity index (χ2v) is 8.99. The van der Waals surface area contributed by atoms with E-state index in [1.807, 2.05) is 28.8 Å². The van der Waals surface area contributed by atoms with Crippen LogP contribution >= 0.6 is 7.60 Å². The van der Waals surface area contributed by atoms with Gasteiger partial charge in [0.15, 0.2) is 11.6 Å². The summed E-state index contributed by atoms with van der Waals surface area (Å²) in [6, 6.07) is 14.3. The summed E-state index contributed by atoms with van der Waals surface area (Å²) in [5, 5.41) is 1.34. The van der Waals surface area contributed by atoms with E-state index in [0.717, 1.165) is 27.5 Å². The van der Waals surface area contributed by atoms with Gasteiger partial charge in [-0.15, -0.1) is 0 Å². The van der Waals surface area contributed by atoms with E-state index < -0.39 is 13.4 Å². The first kappa shape index (κ1) is 21.5. The lowest BCUT2D eigenvalue weighted by Gasteiger charge is -2.17. The SMILES string of the molecule is CCOP(=O)(OCC)c1ccc(Cn2c3cc(F)c(OC)cc3c3ncccc32)cc1. The van der Waals surface area contributed by atoms with Crippen molar-refractivity contribution in [3.63, 3.8) is 0 Å². The Morgan fingerprint density at radius 2 is 1.74 bits per heavy atom. The lowest BCUT2D eigenvalue weighted by Crippen LogP contribution is -2.11. The van der Waals surface area contributed by atoms with Crippen LogP contribution in [0, 0.1) is 5.82 Å². The van der Waals surface area contributed by atoms with Crippen molar-refractivity contribution in [2.45, 2.75) is 20.4 Å². The average Bonchev–Trinajstić information content (AvgIpc) is 3.06. The van der Waals surface area contributed by atoms with E-state index in [0.29, 0.717) is 25.1 Å². The van der Waals surface area contributed by atoms with Gasteiger partial charge in [0.25, 0.3) is 0 Å². The minimum absolute atomic E-state index is 0.184. The normalized spacial score (nSPS) is 12.0. The highest BCUT2D eigenvalue weighted by molar-refractivity contribution is 7.62. The maximum Gasteiger partial charge on any atom is 0.361 e. The van der Waals surface area contributed by atoms with E-state index >= 15 is 0 Å². The van der Waals surface area contributed by atoms with Crippen LogP contribution in [0.2, 0.25) is 0 Å². The average molecular weight is 442 g/mol. The van der Waals surface area contributed by atoms with Gasteiger partial charge in [-0.1, -0.05) is 12.1 Å². The molecule has 2 aromatic carbocycles. The molecular formula is C23H24FN2O4P. The molecule has 0 atom stereocenters. The first-order chi connectivity index (χ1) is 15.0. The molecular weight excluding hydrogens is 418 g/mol. The molecule has 0 unspecified atom stereocenters. The third-order valence-electron chi connectivity index (χ3n) is 5.08. The first-order valence-corrected chi connectivity index (χ1v) is 11.6. The molecule has 0 aliphatic heterocycles. The Bertz CT molecular complexity index is 1260. The monoisotopic (exact) mass is 442 g/mol. The Morgan fingerprint density at radius 1 is 1.03 bits per heavy atom. The fourth-order valence-electron chi connectivity index (χ4n) is 3.73. The molecule has 2 heterocycles. The molecule has 8 heteroatoms. The largest absolute Gasteiger partial charge is 0.494 e. The van der Waals surface area contributed by atoms with Crippen molar-refractivity contribution in [3.05, 3.63) is 66.1 Å². The molecule has 4 aromatic rings. The fraction of sp³-hybridized carbons (Fsp3) is 0.261. The minimum atomic E-state index is -3.34. The van der Waals surface area contributed by atoms with Crippen LogP contribution in [0.1, 0.15) is 19.4 Å². The number of nitrogens with zero attached hydrogens (tertiary/aromatic N) is 2. The van der Waals surface area contributed by atoms with Crippen molar-refractivity contribution in [1.29, 1.82) is 0 Å². The number of rotatable bonds is 8. The van der Waals surface area contributed by atoms with Crippen molar-refractivity contribution in [3.8, 4) is 5.75 Å². The van der Waals surface area contributed by atoms with Gasteiger partial charge in [0.1, 0.15) is 0 Å². The maximum atomic E-state index is 14.5. The Labute approximate surface area is 180 Å². The predicted octanol–water partition coefficient (Wildman–Crippen LogP) is 5.28. The second-order valence-electron chi connectivity index (χ2n) is 6.96. The third kappa shape index (κ3) is 3.97. The maximum absolute atomic E-state index is 14.5. The molecule has 0 saturated heterocycles. The van der Waals surface area contributed by atoms with Crippen LogP contribution in [0.25, 0.3) is 21.9 Å². The number of ether oxygens (including phenoxy) is 1. The first-order valence-electron chi connectivity index (χ1n) is 10.1. The Morgan fingerprint density at radius 3 is 2.39 bits per heavy atom. The smallest absolute Gasteiger partial charge is 0.361 e. The lowest BCUT2D eigenvalue weighted by atomic mass is 10.2. The number of halogens is 1. The van der Waals surface area contributed by atoms with Crippen LogP contribution < -0.4 is 10.0 Å². The fourth-order valence-corrected chi connectivity index (χ4v) is 5.29. The molecule has 4 rings (SSSR count). The van der Waals surface area contributed by atoms with Gasteiger partial charge in [0, 0.05) is 24.2 Å². The molecule has 0 saturated carbocycles. The van der Waals surface area contributed by atoms with Crippen LogP contribution in [0.4, 0.5) is 4.39 Å². The van der Waals surface area contributed by atoms with Crippen LogP contribution in [-0.4, -0.2) is 29.9 Å². The minimum Gasteiger partial charge on any atom is -0.494 e. The van der Waals surface area contributed by atoms with E-state index in [4.69, 9.17) is 13.8 Å². The van der Waals surface area contributed by atoms with Crippen molar-refractivity contribution >= 4 is 34.8 Å². The molecule has 0 N–H and O–H groups in total. The molecule has 0 bridgehead atoms. The van der Waals surface area contributed by atoms with Gasteiger partial charge >= 0.3 is 7.60 Å². The van der Waals surface area contributed by atoms with Crippen LogP contribution in [0.3, 0.4) is 0 Å². The zero-order valence-electron chi connectivity index (χ0n) is 17.7. The summed E-state index contributed by atoms with van der Waals surface area (Å²) in [6.07, 6.45) is 1.72. The van der Waals surface area contributed by atoms with Crippen molar-refractivity contribution in [1.82, 2.24) is 9.55 Å². The van der Waals surface area contributed by atoms with Gasteiger partial charge in [-0.25, -0.2) is 4.39 Å². The molecule has 31 heavy (non-hydrogen) atoms. The van der Waals surface area contributed by atoms with Gasteiger partial charge < -0.3 is 18.4 Å². The van der Waals surface area contributed by atoms with E-state index in [1.54, 1.807) is 38.2 Å². The zero-order chi connectivity index (χ0) is 22.0. The number of hydrogen-bond donors (Lipinski definition) is 0. The van der Waals surface area contributed by atoms with Gasteiger partial charge in [-0.05, 0) is 49.7 Å². The number of pyridine rings is 1. The van der Waals surface area contributed by atoms with Crippen LogP contribution in [0.5, 0.6) is 5.75 Å². The molecule has 0 fully saturated rings. The highest BCUT2D eigenvalue weighted by Gasteiger charge is 2.26. The molecule has 0 amide bonds. The highest BCUT2D eigenvalue weighted by Crippen LogP contribution is 2.46. The summed E-state index contributed by atoms with van der Waals surface area (Å²) in [5.41, 5.74) is 3.36. The summed E-state index contributed by atoms with van der Waals surface area (Å²) < 4.78 is 45.5. The lowest BCUT2D eigenvalue weighted by molar-refractivity contribution is 0.230. The van der Waals surface area contributed by atoms with E-state index in [1.165, 1.54) is 13.2 Å². The standard InChI is InChI=1S/C23H24FN2O4P/c1-4-29-31(27,30-5-2)17-10-8-16(9-11-17)15-26-20-7-6-12-25-23(20)18-13-22(28-3)19(24)14-21(18)26/h6-14H,4-5,15H2,1-3H3. The van der Waals surface area contributed by atoms with Crippen molar-refractivity contribution < 1.29 is 22.7 Å². The summed E-state index contributed by atoms with van der Waals surface area (Å²) in [4.78, 5) is 4.50. The van der Waals surface area contributed by atoms with E-state index in [9.17, 15) is 8.96 Å². The molecule has 0 aliphatic rings. The second kappa shape index (κ2) is 8.79. The predicted molar refractivity (Wildman–Crippen MR) is 120 cm³/mol. The Hall–Kier alpha value is -2.73. The topological polar surface area (TPSA) is 62.6 Å². The summed E-state index contributed by atoms with van der Waals surface area (Å²) in [5.74, 6) is -0.243. The number of methoxy groups -OCH3 is 1. The quantitative estimate of drug-likeness (QED) is 0.348. The van der Waals surface area contributed by atoms with Gasteiger partial charge in [0.2, 0.25) is 0 Å². The van der Waals surface area contributed by atoms with E-state index in [-0.39, 0.29) is 5.75 Å². The Balaban J connectivity index is 1.76. The van der Waals surface area contributed by atoms with Crippen molar-refractivity contribution in [2.24, 2.45) is 0 Å².